The van der Waals surface area contributed by atoms with Gasteiger partial charge in [0.25, 0.3) is 0 Å². The monoisotopic (exact) mass is 381 g/mol. The molecule has 2 aliphatic rings. The number of halogens is 1. The van der Waals surface area contributed by atoms with Gasteiger partial charge in [-0.3, -0.25) is 14.5 Å². The van der Waals surface area contributed by atoms with E-state index in [-0.39, 0.29) is 23.5 Å². The highest BCUT2D eigenvalue weighted by atomic mass is 19.1. The van der Waals surface area contributed by atoms with Crippen molar-refractivity contribution in [3.05, 3.63) is 65.5 Å². The second-order valence-electron chi connectivity index (χ2n) is 7.46. The third-order valence-electron chi connectivity index (χ3n) is 5.67. The number of piperazine rings is 1. The predicted octanol–water partition coefficient (Wildman–Crippen LogP) is 3.08. The zero-order valence-corrected chi connectivity index (χ0v) is 16.0. The average Bonchev–Trinajstić information content (AvgIpc) is 2.71. The Bertz CT molecular complexity index is 879. The first kappa shape index (κ1) is 18.6. The minimum atomic E-state index is -0.358. The number of carbonyl (C=O) groups is 2. The lowest BCUT2D eigenvalue weighted by molar-refractivity contribution is -0.150. The zero-order chi connectivity index (χ0) is 19.7. The van der Waals surface area contributed by atoms with E-state index in [0.29, 0.717) is 37.4 Å². The number of β-lactam (4-membered cyclic amide) rings is 1. The summed E-state index contributed by atoms with van der Waals surface area (Å²) in [6.07, 6.45) is 0.567. The van der Waals surface area contributed by atoms with Gasteiger partial charge in [-0.05, 0) is 30.7 Å². The van der Waals surface area contributed by atoms with Crippen LogP contribution in [0, 0.1) is 5.82 Å². The van der Waals surface area contributed by atoms with E-state index in [2.05, 4.69) is 17.0 Å². The van der Waals surface area contributed by atoms with Gasteiger partial charge in [-0.2, -0.15) is 0 Å². The normalized spacial score (nSPS) is 20.2. The van der Waals surface area contributed by atoms with Gasteiger partial charge < -0.3 is 9.80 Å². The molecule has 0 unspecified atom stereocenters. The van der Waals surface area contributed by atoms with Crippen LogP contribution < -0.4 is 4.90 Å². The van der Waals surface area contributed by atoms with Crippen molar-refractivity contribution in [3.63, 3.8) is 0 Å². The van der Waals surface area contributed by atoms with Crippen LogP contribution in [0.2, 0.25) is 0 Å². The Hall–Kier alpha value is -2.73. The smallest absolute Gasteiger partial charge is 0.226 e. The molecule has 2 heterocycles. The maximum atomic E-state index is 14.4. The Labute approximate surface area is 164 Å². The van der Waals surface area contributed by atoms with Crippen molar-refractivity contribution in [1.29, 1.82) is 0 Å². The Morgan fingerprint density at radius 1 is 1.07 bits per heavy atom. The number of carbonyl (C=O) groups excluding carboxylic acids is 2. The molecule has 146 valence electrons. The SMILES string of the molecule is CC(=O)c1ccc(N2CCN(CN3C(=O)C[C@@H]3c3ccccc3)CC2)c(F)c1. The second-order valence-corrected chi connectivity index (χ2v) is 7.46. The first-order valence-corrected chi connectivity index (χ1v) is 9.65. The molecule has 2 aromatic rings. The number of Topliss-reactive ketones (excluding diaryl/α,β-unsaturated/α-hetero) is 1. The molecule has 4 rings (SSSR count). The lowest BCUT2D eigenvalue weighted by Gasteiger charge is -2.45. The molecule has 0 spiro atoms. The number of rotatable bonds is 5. The third-order valence-corrected chi connectivity index (χ3v) is 5.67. The van der Waals surface area contributed by atoms with Gasteiger partial charge in [0.2, 0.25) is 5.91 Å². The molecule has 5 nitrogen and oxygen atoms in total. The van der Waals surface area contributed by atoms with E-state index in [9.17, 15) is 14.0 Å². The van der Waals surface area contributed by atoms with Gasteiger partial charge in [-0.25, -0.2) is 4.39 Å². The molecule has 0 bridgehead atoms. The fourth-order valence-electron chi connectivity index (χ4n) is 3.93. The van der Waals surface area contributed by atoms with Gasteiger partial charge in [-0.15, -0.1) is 0 Å². The van der Waals surface area contributed by atoms with Crippen molar-refractivity contribution in [2.75, 3.05) is 37.7 Å². The highest BCUT2D eigenvalue weighted by Gasteiger charge is 2.38. The number of hydrogen-bond donors (Lipinski definition) is 0. The van der Waals surface area contributed by atoms with Crippen LogP contribution in [-0.4, -0.2) is 54.3 Å². The van der Waals surface area contributed by atoms with Gasteiger partial charge in [0, 0.05) is 31.7 Å². The first-order chi connectivity index (χ1) is 13.5. The van der Waals surface area contributed by atoms with Crippen LogP contribution in [0.3, 0.4) is 0 Å². The van der Waals surface area contributed by atoms with E-state index in [1.54, 1.807) is 12.1 Å². The molecule has 28 heavy (non-hydrogen) atoms. The van der Waals surface area contributed by atoms with E-state index in [1.807, 2.05) is 28.0 Å². The Morgan fingerprint density at radius 3 is 2.39 bits per heavy atom. The van der Waals surface area contributed by atoms with Crippen LogP contribution in [0.1, 0.15) is 35.3 Å². The van der Waals surface area contributed by atoms with Gasteiger partial charge >= 0.3 is 0 Å². The van der Waals surface area contributed by atoms with Crippen LogP contribution in [0.15, 0.2) is 48.5 Å². The summed E-state index contributed by atoms with van der Waals surface area (Å²) in [5.74, 6) is -0.312. The fraction of sp³-hybridized carbons (Fsp3) is 0.364. The van der Waals surface area contributed by atoms with Gasteiger partial charge in [0.05, 0.1) is 24.8 Å². The topological polar surface area (TPSA) is 43.9 Å². The molecule has 1 amide bonds. The maximum absolute atomic E-state index is 14.4. The third kappa shape index (κ3) is 3.64. The van der Waals surface area contributed by atoms with Crippen molar-refractivity contribution in [3.8, 4) is 0 Å². The number of ketones is 1. The second kappa shape index (κ2) is 7.72. The van der Waals surface area contributed by atoms with E-state index in [1.165, 1.54) is 18.6 Å². The number of hydrogen-bond acceptors (Lipinski definition) is 4. The summed E-state index contributed by atoms with van der Waals surface area (Å²) in [6.45, 7) is 4.95. The molecule has 2 fully saturated rings. The molecule has 0 aromatic heterocycles. The van der Waals surface area contributed by atoms with E-state index in [0.717, 1.165) is 13.1 Å². The summed E-state index contributed by atoms with van der Waals surface area (Å²) < 4.78 is 14.4. The summed E-state index contributed by atoms with van der Waals surface area (Å²) in [5.41, 5.74) is 2.10. The number of amides is 1. The van der Waals surface area contributed by atoms with E-state index in [4.69, 9.17) is 0 Å². The molecule has 6 heteroatoms. The summed E-state index contributed by atoms with van der Waals surface area (Å²) >= 11 is 0. The van der Waals surface area contributed by atoms with Crippen molar-refractivity contribution < 1.29 is 14.0 Å². The molecule has 1 atom stereocenters. The standard InChI is InChI=1S/C22H24FN3O2/c1-16(27)18-7-8-20(19(23)13-18)25-11-9-24(10-12-25)15-26-21(14-22(26)28)17-5-3-2-4-6-17/h2-8,13,21H,9-12,14-15H2,1H3/t21-/m1/s1. The maximum Gasteiger partial charge on any atom is 0.226 e. The van der Waals surface area contributed by atoms with Crippen molar-refractivity contribution in [2.45, 2.75) is 19.4 Å². The molecular formula is C22H24FN3O2. The number of nitrogens with zero attached hydrogens (tertiary/aromatic N) is 3. The zero-order valence-electron chi connectivity index (χ0n) is 16.0. The van der Waals surface area contributed by atoms with Crippen LogP contribution >= 0.6 is 0 Å². The molecule has 0 radical (unpaired) electrons. The highest BCUT2D eigenvalue weighted by molar-refractivity contribution is 5.94. The lowest BCUT2D eigenvalue weighted by atomic mass is 9.94. The van der Waals surface area contributed by atoms with E-state index >= 15 is 0 Å². The van der Waals surface area contributed by atoms with Crippen LogP contribution in [-0.2, 0) is 4.79 Å². The average molecular weight is 381 g/mol. The van der Waals surface area contributed by atoms with Crippen molar-refractivity contribution >= 4 is 17.4 Å². The van der Waals surface area contributed by atoms with E-state index < -0.39 is 0 Å². The number of benzene rings is 2. The predicted molar refractivity (Wildman–Crippen MR) is 106 cm³/mol. The molecule has 2 aliphatic heterocycles. The van der Waals surface area contributed by atoms with Crippen molar-refractivity contribution in [2.24, 2.45) is 0 Å². The lowest BCUT2D eigenvalue weighted by Crippen LogP contribution is -2.55. The first-order valence-electron chi connectivity index (χ1n) is 9.65. The molecule has 2 saturated heterocycles. The summed E-state index contributed by atoms with van der Waals surface area (Å²) in [4.78, 5) is 29.7. The minimum Gasteiger partial charge on any atom is -0.367 e. The molecule has 0 N–H and O–H groups in total. The largest absolute Gasteiger partial charge is 0.367 e. The molecular weight excluding hydrogens is 357 g/mol. The molecule has 2 aromatic carbocycles. The highest BCUT2D eigenvalue weighted by Crippen LogP contribution is 2.34. The fourth-order valence-corrected chi connectivity index (χ4v) is 3.93. The van der Waals surface area contributed by atoms with Gasteiger partial charge in [-0.1, -0.05) is 30.3 Å². The van der Waals surface area contributed by atoms with Crippen LogP contribution in [0.25, 0.3) is 0 Å². The van der Waals surface area contributed by atoms with Crippen LogP contribution in [0.4, 0.5) is 10.1 Å². The van der Waals surface area contributed by atoms with Gasteiger partial charge in [0.1, 0.15) is 5.82 Å². The summed E-state index contributed by atoms with van der Waals surface area (Å²) in [7, 11) is 0. The molecule has 0 aliphatic carbocycles. The Balaban J connectivity index is 1.36. The Kier molecular flexibility index (Phi) is 5.13. The van der Waals surface area contributed by atoms with Crippen molar-refractivity contribution in [1.82, 2.24) is 9.80 Å². The minimum absolute atomic E-state index is 0.137. The Morgan fingerprint density at radius 2 is 1.79 bits per heavy atom. The number of likely N-dealkylation sites (tertiary alicyclic amines) is 1. The summed E-state index contributed by atoms with van der Waals surface area (Å²) in [6, 6.07) is 14.9. The summed E-state index contributed by atoms with van der Waals surface area (Å²) in [5, 5.41) is 0. The van der Waals surface area contributed by atoms with Gasteiger partial charge in [0.15, 0.2) is 5.78 Å². The quantitative estimate of drug-likeness (QED) is 0.590. The molecule has 0 saturated carbocycles. The van der Waals surface area contributed by atoms with Crippen LogP contribution in [0.5, 0.6) is 0 Å². The number of anilines is 1.